The first-order chi connectivity index (χ1) is 9.30. The number of nitrogens with one attached hydrogen (secondary N) is 2. The first-order valence-corrected chi connectivity index (χ1v) is 6.30. The summed E-state index contributed by atoms with van der Waals surface area (Å²) in [5.74, 6) is 6.75. The van der Waals surface area contributed by atoms with Crippen LogP contribution in [0, 0.1) is 0 Å². The predicted octanol–water partition coefficient (Wildman–Crippen LogP) is 1.35. The van der Waals surface area contributed by atoms with Crippen LogP contribution in [-0.4, -0.2) is 32.8 Å². The van der Waals surface area contributed by atoms with Crippen LogP contribution in [0.15, 0.2) is 29.3 Å². The van der Waals surface area contributed by atoms with E-state index in [1.165, 1.54) is 0 Å². The second-order valence-electron chi connectivity index (χ2n) is 3.78. The summed E-state index contributed by atoms with van der Waals surface area (Å²) in [6.45, 7) is 4.07. The van der Waals surface area contributed by atoms with E-state index in [1.54, 1.807) is 7.11 Å². The number of ether oxygens (including phenoxy) is 2. The number of guanidine groups is 1. The monoisotopic (exact) mass is 266 g/mol. The van der Waals surface area contributed by atoms with E-state index in [-0.39, 0.29) is 0 Å². The van der Waals surface area contributed by atoms with E-state index < -0.39 is 0 Å². The Hall–Kier alpha value is -1.79. The summed E-state index contributed by atoms with van der Waals surface area (Å²) in [4.78, 5) is 4.31. The molecule has 0 atom stereocenters. The molecular formula is C13H22N4O2. The molecule has 0 heterocycles. The largest absolute Gasteiger partial charge is 0.497 e. The predicted molar refractivity (Wildman–Crippen MR) is 77.4 cm³/mol. The van der Waals surface area contributed by atoms with Crippen molar-refractivity contribution >= 4 is 11.6 Å². The van der Waals surface area contributed by atoms with Gasteiger partial charge in [-0.05, 0) is 37.6 Å². The van der Waals surface area contributed by atoms with Gasteiger partial charge in [0.15, 0.2) is 0 Å². The third-order valence-electron chi connectivity index (χ3n) is 2.41. The summed E-state index contributed by atoms with van der Waals surface area (Å²) in [6.07, 6.45) is 0.864. The summed E-state index contributed by atoms with van der Waals surface area (Å²) in [6, 6.07) is 7.52. The molecule has 1 rings (SSSR count). The molecule has 0 aromatic heterocycles. The number of hydrogen-bond acceptors (Lipinski definition) is 4. The fraction of sp³-hybridized carbons (Fsp3) is 0.462. The van der Waals surface area contributed by atoms with Gasteiger partial charge in [0.1, 0.15) is 5.75 Å². The van der Waals surface area contributed by atoms with Crippen molar-refractivity contribution in [2.45, 2.75) is 13.3 Å². The maximum Gasteiger partial charge on any atom is 0.210 e. The van der Waals surface area contributed by atoms with Gasteiger partial charge >= 0.3 is 0 Å². The van der Waals surface area contributed by atoms with Gasteiger partial charge in [-0.2, -0.15) is 0 Å². The van der Waals surface area contributed by atoms with Crippen molar-refractivity contribution in [3.8, 4) is 5.75 Å². The van der Waals surface area contributed by atoms with Crippen LogP contribution in [0.3, 0.4) is 0 Å². The number of anilines is 1. The Morgan fingerprint density at radius 2 is 2.05 bits per heavy atom. The van der Waals surface area contributed by atoms with Crippen molar-refractivity contribution in [2.75, 3.05) is 32.2 Å². The molecule has 0 saturated heterocycles. The third-order valence-corrected chi connectivity index (χ3v) is 2.41. The first-order valence-electron chi connectivity index (χ1n) is 6.30. The molecule has 0 fully saturated rings. The zero-order valence-electron chi connectivity index (χ0n) is 11.5. The second-order valence-corrected chi connectivity index (χ2v) is 3.78. The number of aliphatic imine (C=N–C) groups is 1. The Labute approximate surface area is 114 Å². The van der Waals surface area contributed by atoms with Gasteiger partial charge in [0.25, 0.3) is 0 Å². The molecule has 0 bridgehead atoms. The zero-order chi connectivity index (χ0) is 13.9. The number of hydrazine groups is 1. The Bertz CT molecular complexity index is 379. The van der Waals surface area contributed by atoms with Gasteiger partial charge in [-0.15, -0.1) is 0 Å². The van der Waals surface area contributed by atoms with Crippen LogP contribution in [-0.2, 0) is 4.74 Å². The third kappa shape index (κ3) is 6.08. The molecule has 6 heteroatoms. The molecule has 1 aromatic rings. The lowest BCUT2D eigenvalue weighted by atomic mass is 10.3. The van der Waals surface area contributed by atoms with Crippen molar-refractivity contribution in [2.24, 2.45) is 10.8 Å². The Balaban J connectivity index is 2.43. The highest BCUT2D eigenvalue weighted by molar-refractivity contribution is 5.93. The van der Waals surface area contributed by atoms with Gasteiger partial charge in [0.2, 0.25) is 5.96 Å². The van der Waals surface area contributed by atoms with E-state index >= 15 is 0 Å². The number of nitrogens with two attached hydrogens (primary N) is 1. The van der Waals surface area contributed by atoms with Crippen molar-refractivity contribution in [3.05, 3.63) is 24.3 Å². The van der Waals surface area contributed by atoms with E-state index in [0.717, 1.165) is 24.5 Å². The quantitative estimate of drug-likeness (QED) is 0.228. The molecule has 0 spiro atoms. The minimum absolute atomic E-state index is 0.529. The smallest absolute Gasteiger partial charge is 0.210 e. The lowest BCUT2D eigenvalue weighted by molar-refractivity contribution is 0.146. The van der Waals surface area contributed by atoms with Crippen LogP contribution in [0.25, 0.3) is 0 Å². The molecule has 0 aliphatic heterocycles. The Morgan fingerprint density at radius 3 is 2.63 bits per heavy atom. The van der Waals surface area contributed by atoms with Gasteiger partial charge in [0, 0.05) is 25.4 Å². The molecule has 106 valence electrons. The average molecular weight is 266 g/mol. The first kappa shape index (κ1) is 15.3. The van der Waals surface area contributed by atoms with Gasteiger partial charge in [-0.1, -0.05) is 0 Å². The topological polar surface area (TPSA) is 80.9 Å². The molecule has 6 nitrogen and oxygen atoms in total. The van der Waals surface area contributed by atoms with Crippen LogP contribution in [0.4, 0.5) is 5.69 Å². The van der Waals surface area contributed by atoms with Crippen molar-refractivity contribution in [1.82, 2.24) is 5.43 Å². The van der Waals surface area contributed by atoms with Crippen molar-refractivity contribution in [1.29, 1.82) is 0 Å². The number of hydrogen-bond donors (Lipinski definition) is 3. The van der Waals surface area contributed by atoms with E-state index in [4.69, 9.17) is 15.3 Å². The summed E-state index contributed by atoms with van der Waals surface area (Å²) < 4.78 is 10.3. The highest BCUT2D eigenvalue weighted by Gasteiger charge is 1.98. The summed E-state index contributed by atoms with van der Waals surface area (Å²) in [5, 5.41) is 3.09. The minimum Gasteiger partial charge on any atom is -0.497 e. The minimum atomic E-state index is 0.529. The summed E-state index contributed by atoms with van der Waals surface area (Å²) in [7, 11) is 1.63. The van der Waals surface area contributed by atoms with Gasteiger partial charge in [0.05, 0.1) is 7.11 Å². The molecule has 0 saturated carbocycles. The molecule has 0 radical (unpaired) electrons. The van der Waals surface area contributed by atoms with Gasteiger partial charge in [-0.25, -0.2) is 5.84 Å². The molecular weight excluding hydrogens is 244 g/mol. The average Bonchev–Trinajstić information content (AvgIpc) is 2.46. The molecule has 19 heavy (non-hydrogen) atoms. The van der Waals surface area contributed by atoms with Gasteiger partial charge < -0.3 is 14.8 Å². The molecule has 0 aliphatic carbocycles. The van der Waals surface area contributed by atoms with E-state index in [2.05, 4.69) is 15.7 Å². The Kier molecular flexibility index (Phi) is 7.38. The van der Waals surface area contributed by atoms with Crippen LogP contribution in [0.5, 0.6) is 5.75 Å². The number of methoxy groups -OCH3 is 1. The molecule has 4 N–H and O–H groups in total. The van der Waals surface area contributed by atoms with Crippen LogP contribution in [0.2, 0.25) is 0 Å². The number of rotatable bonds is 7. The molecule has 0 unspecified atom stereocenters. The van der Waals surface area contributed by atoms with E-state index in [0.29, 0.717) is 19.1 Å². The van der Waals surface area contributed by atoms with Crippen LogP contribution in [0.1, 0.15) is 13.3 Å². The highest BCUT2D eigenvalue weighted by atomic mass is 16.5. The zero-order valence-corrected chi connectivity index (χ0v) is 11.5. The van der Waals surface area contributed by atoms with Crippen molar-refractivity contribution < 1.29 is 9.47 Å². The summed E-state index contributed by atoms with van der Waals surface area (Å²) in [5.41, 5.74) is 3.43. The maximum atomic E-state index is 5.42. The van der Waals surface area contributed by atoms with Crippen molar-refractivity contribution in [3.63, 3.8) is 0 Å². The lowest BCUT2D eigenvalue weighted by Crippen LogP contribution is -2.36. The summed E-state index contributed by atoms with van der Waals surface area (Å²) >= 11 is 0. The SMILES string of the molecule is CCOCCCN=C(NN)Nc1ccc(OC)cc1. The molecule has 0 aliphatic rings. The van der Waals surface area contributed by atoms with E-state index in [1.807, 2.05) is 31.2 Å². The standard InChI is InChI=1S/C13H22N4O2/c1-3-19-10-4-9-15-13(17-14)16-11-5-7-12(18-2)8-6-11/h5-8H,3-4,9-10,14H2,1-2H3,(H2,15,16,17). The fourth-order valence-electron chi connectivity index (χ4n) is 1.43. The second kappa shape index (κ2) is 9.18. The number of benzene rings is 1. The van der Waals surface area contributed by atoms with Gasteiger partial charge in [-0.3, -0.25) is 10.4 Å². The highest BCUT2D eigenvalue weighted by Crippen LogP contribution is 2.14. The maximum absolute atomic E-state index is 5.42. The normalized spacial score (nSPS) is 11.2. The lowest BCUT2D eigenvalue weighted by Gasteiger charge is -2.09. The van der Waals surface area contributed by atoms with E-state index in [9.17, 15) is 0 Å². The fourth-order valence-corrected chi connectivity index (χ4v) is 1.43. The number of nitrogens with zero attached hydrogens (tertiary/aromatic N) is 1. The molecule has 1 aromatic carbocycles. The molecule has 0 amide bonds. The van der Waals surface area contributed by atoms with Crippen LogP contribution >= 0.6 is 0 Å². The Morgan fingerprint density at radius 1 is 1.32 bits per heavy atom. The van der Waals surface area contributed by atoms with Crippen LogP contribution < -0.4 is 21.3 Å².